The van der Waals surface area contributed by atoms with Gasteiger partial charge in [0, 0.05) is 102 Å². The molecule has 0 saturated heterocycles. The number of nitrogens with one attached hydrogen (secondary N) is 18. The van der Waals surface area contributed by atoms with Crippen molar-refractivity contribution in [1.82, 2.24) is 80.4 Å². The number of hydrogen-bond donors (Lipinski definition) is 21. The third-order valence-electron chi connectivity index (χ3n) is 14.2. The number of aromatic amines is 7. The summed E-state index contributed by atoms with van der Waals surface area (Å²) < 4.78 is 1.52. The minimum absolute atomic E-state index is 0.00640. The zero-order valence-electron chi connectivity index (χ0n) is 53.4. The fourth-order valence-electron chi connectivity index (χ4n) is 9.32. The van der Waals surface area contributed by atoms with E-state index in [1.165, 1.54) is 96.6 Å². The maximum Gasteiger partial charge on any atom is 0.415 e. The van der Waals surface area contributed by atoms with E-state index in [1.807, 2.05) is 19.0 Å². The first-order valence-corrected chi connectivity index (χ1v) is 30.1. The Morgan fingerprint density at radius 2 is 0.830 bits per heavy atom. The van der Waals surface area contributed by atoms with Crippen LogP contribution in [0.1, 0.15) is 103 Å². The molecule has 21 N–H and O–H groups in total. The van der Waals surface area contributed by atoms with Gasteiger partial charge in [0.15, 0.2) is 5.82 Å². The highest BCUT2D eigenvalue weighted by Crippen LogP contribution is 2.21. The number of H-pyrrole nitrogens is 7. The number of aliphatic carboxylic acids is 2. The van der Waals surface area contributed by atoms with E-state index >= 15 is 0 Å². The van der Waals surface area contributed by atoms with Crippen molar-refractivity contribution in [2.24, 2.45) is 7.05 Å². The van der Waals surface area contributed by atoms with Gasteiger partial charge in [0.05, 0.1) is 52.9 Å². The van der Waals surface area contributed by atoms with E-state index < -0.39 is 116 Å². The predicted molar refractivity (Wildman–Crippen MR) is 354 cm³/mol. The van der Waals surface area contributed by atoms with Gasteiger partial charge in [-0.25, -0.2) is 19.5 Å². The summed E-state index contributed by atoms with van der Waals surface area (Å²) in [5, 5.41) is 56.9. The van der Waals surface area contributed by atoms with Crippen molar-refractivity contribution >= 4 is 123 Å². The number of carboxylic acids is 2. The second kappa shape index (κ2) is 33.7. The molecular weight excluding hydrogens is 1310 g/mol. The fraction of sp³-hybridized carbons (Fsp3) is 0.250. The molecule has 0 unspecified atom stereocenters. The quantitative estimate of drug-likeness (QED) is 0.0255. The number of anilines is 7. The van der Waals surface area contributed by atoms with Gasteiger partial charge in [0.2, 0.25) is 11.8 Å². The molecule has 13 amide bonds. The standard InChI is InChI=1S/C60H69N23O17/c1-80(2)11-4-7-61-46(84)6-9-64-51(90)40-16-32(23-66-40)74-54(93)42-18-34(25-68-42)76-56(95)44-20-35(26-70-44)75-55(94)41-17-33(24-67-41)72-52(91)38(79-59(98)83(60(99)100)14-13-82(29-47(85)86)30-48(87)88)5-8-63-50(89)39-15-31(22-65-39)73-53(92)43-19-36(27-69-43)77-57(96)45-21-37(28-71-45)78-58(97)49-62-10-12-81(49)3/h10,12,15-28,38,65-71H,4-9,11,13-14,29-30H2,1-3H3,(H,61,84)(H,63,89)(H,64,90)(H,72,91)(H,73,92)(H,74,93)(H,75,94)(H,76,95)(H,77,96)(H,78,97)(H,79,98)(H,85,86)(H,87,88)(H,99,100)/t38-/m1/s1. The molecule has 0 fully saturated rings. The Hall–Kier alpha value is -13.5. The second-order valence-electron chi connectivity index (χ2n) is 22.2. The molecule has 40 nitrogen and oxygen atoms in total. The Bertz CT molecular complexity index is 4330. The molecule has 0 bridgehead atoms. The summed E-state index contributed by atoms with van der Waals surface area (Å²) in [5.41, 5.74) is 1.04. The Kier molecular flexibility index (Phi) is 24.4. The lowest BCUT2D eigenvalue weighted by molar-refractivity contribution is -0.141. The molecule has 0 aromatic carbocycles. The molecule has 40 heteroatoms. The summed E-state index contributed by atoms with van der Waals surface area (Å²) in [6.07, 6.45) is 10.9. The van der Waals surface area contributed by atoms with Gasteiger partial charge in [-0.1, -0.05) is 0 Å². The van der Waals surface area contributed by atoms with Gasteiger partial charge in [0.25, 0.3) is 47.3 Å². The second-order valence-corrected chi connectivity index (χ2v) is 22.2. The number of rotatable bonds is 34. The van der Waals surface area contributed by atoms with Crippen molar-refractivity contribution in [3.05, 3.63) is 144 Å². The number of carboxylic acid groups (broad SMARTS) is 3. The van der Waals surface area contributed by atoms with Crippen LogP contribution in [-0.2, 0) is 26.2 Å². The predicted octanol–water partition coefficient (Wildman–Crippen LogP) is 1.71. The molecule has 100 heavy (non-hydrogen) atoms. The highest BCUT2D eigenvalue weighted by Gasteiger charge is 2.30. The van der Waals surface area contributed by atoms with Crippen LogP contribution in [-0.4, -0.2) is 230 Å². The van der Waals surface area contributed by atoms with Gasteiger partial charge in [-0.3, -0.25) is 62.4 Å². The van der Waals surface area contributed by atoms with E-state index in [-0.39, 0.29) is 110 Å². The van der Waals surface area contributed by atoms with Crippen LogP contribution in [0.15, 0.2) is 98.2 Å². The van der Waals surface area contributed by atoms with Gasteiger partial charge in [-0.15, -0.1) is 0 Å². The van der Waals surface area contributed by atoms with Crippen LogP contribution in [0, 0.1) is 0 Å². The topological polar surface area (TPSA) is 570 Å². The number of aromatic nitrogens is 9. The molecule has 8 aromatic rings. The van der Waals surface area contributed by atoms with Crippen molar-refractivity contribution < 1.29 is 82.4 Å². The summed E-state index contributed by atoms with van der Waals surface area (Å²) in [7, 11) is 5.51. The summed E-state index contributed by atoms with van der Waals surface area (Å²) in [6.45, 7) is -1.97. The van der Waals surface area contributed by atoms with Gasteiger partial charge < -0.3 is 118 Å². The number of carbonyl (C=O) groups excluding carboxylic acids is 11. The van der Waals surface area contributed by atoms with E-state index in [9.17, 15) is 82.4 Å². The molecule has 8 heterocycles. The Labute approximate surface area is 563 Å². The number of imidazole rings is 1. The van der Waals surface area contributed by atoms with Crippen molar-refractivity contribution in [3.8, 4) is 0 Å². The highest BCUT2D eigenvalue weighted by molar-refractivity contribution is 6.10. The fourth-order valence-corrected chi connectivity index (χ4v) is 9.32. The smallest absolute Gasteiger partial charge is 0.415 e. The summed E-state index contributed by atoms with van der Waals surface area (Å²) >= 11 is 0. The highest BCUT2D eigenvalue weighted by atomic mass is 16.4. The Balaban J connectivity index is 0.824. The van der Waals surface area contributed by atoms with Crippen molar-refractivity contribution in [2.75, 3.05) is 104 Å². The third kappa shape index (κ3) is 21.0. The van der Waals surface area contributed by atoms with E-state index in [1.54, 1.807) is 13.2 Å². The van der Waals surface area contributed by atoms with Gasteiger partial charge in [-0.05, 0) is 75.9 Å². The molecule has 526 valence electrons. The van der Waals surface area contributed by atoms with Crippen LogP contribution < -0.4 is 58.5 Å². The molecular formula is C60H69N23O17. The molecule has 1 atom stereocenters. The van der Waals surface area contributed by atoms with Crippen LogP contribution >= 0.6 is 0 Å². The normalized spacial score (nSPS) is 11.2. The minimum Gasteiger partial charge on any atom is -0.480 e. The molecule has 8 aromatic heterocycles. The molecule has 0 saturated carbocycles. The van der Waals surface area contributed by atoms with Crippen LogP contribution in [0.3, 0.4) is 0 Å². The van der Waals surface area contributed by atoms with E-state index in [4.69, 9.17) is 0 Å². The molecule has 0 radical (unpaired) electrons. The van der Waals surface area contributed by atoms with Crippen LogP contribution in [0.2, 0.25) is 0 Å². The van der Waals surface area contributed by atoms with E-state index in [0.717, 1.165) is 17.9 Å². The third-order valence-corrected chi connectivity index (χ3v) is 14.2. The molecule has 0 aliphatic carbocycles. The van der Waals surface area contributed by atoms with Crippen molar-refractivity contribution in [2.45, 2.75) is 25.3 Å². The van der Waals surface area contributed by atoms with E-state index in [0.29, 0.717) is 12.2 Å². The molecule has 0 spiro atoms. The van der Waals surface area contributed by atoms with Crippen LogP contribution in [0.4, 0.5) is 49.4 Å². The number of hydrogen-bond acceptors (Lipinski definition) is 17. The van der Waals surface area contributed by atoms with Gasteiger partial charge in [0.1, 0.15) is 45.9 Å². The van der Waals surface area contributed by atoms with Crippen LogP contribution in [0.5, 0.6) is 0 Å². The Morgan fingerprint density at radius 1 is 0.460 bits per heavy atom. The molecule has 0 aliphatic heterocycles. The first-order valence-electron chi connectivity index (χ1n) is 30.1. The monoisotopic (exact) mass is 1380 g/mol. The zero-order chi connectivity index (χ0) is 72.2. The lowest BCUT2D eigenvalue weighted by atomic mass is 10.2. The number of aryl methyl sites for hydroxylation is 1. The minimum atomic E-state index is -1.87. The summed E-state index contributed by atoms with van der Waals surface area (Å²) in [6, 6.07) is 6.13. The van der Waals surface area contributed by atoms with Crippen molar-refractivity contribution in [3.63, 3.8) is 0 Å². The number of nitrogens with zero attached hydrogens (tertiary/aromatic N) is 5. The number of imide groups is 1. The number of amides is 13. The zero-order valence-corrected chi connectivity index (χ0v) is 53.4. The average molecular weight is 1380 g/mol. The lowest BCUT2D eigenvalue weighted by Crippen LogP contribution is -2.53. The molecule has 8 rings (SSSR count). The summed E-state index contributed by atoms with van der Waals surface area (Å²) in [5.74, 6) is -9.12. The average Bonchev–Trinajstić information content (AvgIpc) is 1.70. The largest absolute Gasteiger partial charge is 0.480 e. The lowest BCUT2D eigenvalue weighted by Gasteiger charge is -2.25. The maximum atomic E-state index is 14.0. The van der Waals surface area contributed by atoms with Gasteiger partial charge in [-0.2, -0.15) is 0 Å². The van der Waals surface area contributed by atoms with Gasteiger partial charge >= 0.3 is 24.1 Å². The number of carbonyl (C=O) groups is 14. The Morgan fingerprint density at radius 3 is 1.19 bits per heavy atom. The first kappa shape index (κ1) is 72.3. The van der Waals surface area contributed by atoms with E-state index in [2.05, 4.69) is 98.4 Å². The number of urea groups is 1. The molecule has 0 aliphatic rings. The van der Waals surface area contributed by atoms with Crippen molar-refractivity contribution in [1.29, 1.82) is 0 Å². The summed E-state index contributed by atoms with van der Waals surface area (Å²) in [4.78, 5) is 205. The maximum absolute atomic E-state index is 14.0. The van der Waals surface area contributed by atoms with Crippen LogP contribution in [0.25, 0.3) is 0 Å². The first-order chi connectivity index (χ1) is 47.7. The SMILES string of the molecule is CN(C)CCCNC(=O)CCNC(=O)c1cc(NC(=O)c2cc(NC(=O)c3cc(NC(=O)c4cc(NC(=O)[C@@H](CCNC(=O)c5cc(NC(=O)c6cc(NC(=O)c7cc(NC(=O)c8nccn8C)c[nH]7)c[nH]6)c[nH]5)NC(=O)N(CCN(CC(=O)O)CC(=O)O)C(=O)O)c[nH]4)c[nH]3)c[nH]2)c[nH]1.